The lowest BCUT2D eigenvalue weighted by Crippen LogP contribution is -2.40. The van der Waals surface area contributed by atoms with E-state index in [2.05, 4.69) is 66.9 Å². The Morgan fingerprint density at radius 2 is 2.07 bits per heavy atom. The summed E-state index contributed by atoms with van der Waals surface area (Å²) in [5.74, 6) is 1.46. The maximum Gasteiger partial charge on any atom is 0.191 e. The van der Waals surface area contributed by atoms with Crippen LogP contribution in [0.15, 0.2) is 35.3 Å². The highest BCUT2D eigenvalue weighted by Gasteiger charge is 2.15. The number of aliphatic imine (C=N–C) groups is 1. The topological polar surface area (TPSA) is 58.1 Å². The van der Waals surface area contributed by atoms with E-state index in [0.717, 1.165) is 71.3 Å². The Morgan fingerprint density at radius 1 is 1.28 bits per heavy atom. The molecular weight excluding hydrogens is 479 g/mol. The number of benzene rings is 1. The number of rotatable bonds is 12. The molecule has 0 saturated carbocycles. The van der Waals surface area contributed by atoms with E-state index < -0.39 is 0 Å². The van der Waals surface area contributed by atoms with Crippen LogP contribution in [0, 0.1) is 5.92 Å². The number of hydrogen-bond acceptors (Lipinski definition) is 4. The van der Waals surface area contributed by atoms with Gasteiger partial charge in [-0.25, -0.2) is 0 Å². The number of halogens is 1. The summed E-state index contributed by atoms with van der Waals surface area (Å²) < 4.78 is 11.1. The zero-order valence-electron chi connectivity index (χ0n) is 18.2. The highest BCUT2D eigenvalue weighted by molar-refractivity contribution is 14.0. The minimum Gasteiger partial charge on any atom is -0.381 e. The Morgan fingerprint density at radius 3 is 2.72 bits per heavy atom. The summed E-state index contributed by atoms with van der Waals surface area (Å²) in [4.78, 5) is 7.06. The van der Waals surface area contributed by atoms with E-state index in [9.17, 15) is 0 Å². The van der Waals surface area contributed by atoms with Gasteiger partial charge in [-0.2, -0.15) is 0 Å². The van der Waals surface area contributed by atoms with Gasteiger partial charge in [0.15, 0.2) is 5.96 Å². The number of ether oxygens (including phenoxy) is 2. The molecule has 1 saturated heterocycles. The van der Waals surface area contributed by atoms with Crippen molar-refractivity contribution in [2.45, 2.75) is 32.2 Å². The number of nitrogens with zero attached hydrogens (tertiary/aromatic N) is 2. The van der Waals surface area contributed by atoms with Crippen molar-refractivity contribution >= 4 is 29.9 Å². The fraction of sp³-hybridized carbons (Fsp3) is 0.682. The summed E-state index contributed by atoms with van der Waals surface area (Å²) in [6.07, 6.45) is 3.10. The van der Waals surface area contributed by atoms with Gasteiger partial charge in [-0.05, 0) is 45.8 Å². The third-order valence-corrected chi connectivity index (χ3v) is 4.98. The fourth-order valence-corrected chi connectivity index (χ4v) is 3.18. The smallest absolute Gasteiger partial charge is 0.191 e. The van der Waals surface area contributed by atoms with Crippen LogP contribution in [0.2, 0.25) is 0 Å². The van der Waals surface area contributed by atoms with Crippen LogP contribution < -0.4 is 10.6 Å². The van der Waals surface area contributed by atoms with Gasteiger partial charge in [0.2, 0.25) is 0 Å². The minimum absolute atomic E-state index is 0. The zero-order valence-corrected chi connectivity index (χ0v) is 20.6. The molecule has 29 heavy (non-hydrogen) atoms. The summed E-state index contributed by atoms with van der Waals surface area (Å²) in [6.45, 7) is 7.90. The molecule has 2 atom stereocenters. The summed E-state index contributed by atoms with van der Waals surface area (Å²) >= 11 is 0. The Kier molecular flexibility index (Phi) is 14.3. The number of nitrogens with one attached hydrogen (secondary N) is 2. The molecule has 2 rings (SSSR count). The highest BCUT2D eigenvalue weighted by atomic mass is 127. The summed E-state index contributed by atoms with van der Waals surface area (Å²) in [5.41, 5.74) is 1.35. The average Bonchev–Trinajstić information content (AvgIpc) is 3.21. The van der Waals surface area contributed by atoms with Crippen molar-refractivity contribution in [3.8, 4) is 0 Å². The lowest BCUT2D eigenvalue weighted by molar-refractivity contribution is 0.0888. The van der Waals surface area contributed by atoms with E-state index in [1.54, 1.807) is 0 Å². The fourth-order valence-electron chi connectivity index (χ4n) is 3.18. The van der Waals surface area contributed by atoms with Crippen LogP contribution >= 0.6 is 24.0 Å². The van der Waals surface area contributed by atoms with Crippen LogP contribution in [0.25, 0.3) is 0 Å². The first kappa shape index (κ1) is 26.1. The SMILES string of the molecule is CCNC(=NCC(Cc1ccccc1)N(C)C)NCCCOCC1CCOC1.I. The molecule has 7 heteroatoms. The van der Waals surface area contributed by atoms with Gasteiger partial charge in [0, 0.05) is 38.3 Å². The second-order valence-corrected chi connectivity index (χ2v) is 7.61. The normalized spacial score (nSPS) is 17.8. The maximum atomic E-state index is 5.77. The summed E-state index contributed by atoms with van der Waals surface area (Å²) in [6, 6.07) is 11.0. The van der Waals surface area contributed by atoms with E-state index in [-0.39, 0.29) is 24.0 Å². The maximum absolute atomic E-state index is 5.77. The molecule has 166 valence electrons. The van der Waals surface area contributed by atoms with Crippen molar-refractivity contribution in [2.24, 2.45) is 10.9 Å². The van der Waals surface area contributed by atoms with Gasteiger partial charge in [-0.3, -0.25) is 4.99 Å². The molecule has 0 radical (unpaired) electrons. The Labute approximate surface area is 193 Å². The van der Waals surface area contributed by atoms with Crippen LogP contribution in [0.4, 0.5) is 0 Å². The third kappa shape index (κ3) is 11.2. The third-order valence-electron chi connectivity index (χ3n) is 4.98. The predicted molar refractivity (Wildman–Crippen MR) is 131 cm³/mol. The molecule has 6 nitrogen and oxygen atoms in total. The Hall–Kier alpha value is -0.900. The molecule has 1 aromatic rings. The quantitative estimate of drug-likeness (QED) is 0.193. The molecule has 0 spiro atoms. The first-order chi connectivity index (χ1) is 13.7. The molecule has 1 aliphatic rings. The van der Waals surface area contributed by atoms with Crippen LogP contribution in [-0.2, 0) is 15.9 Å². The number of guanidine groups is 1. The summed E-state index contributed by atoms with van der Waals surface area (Å²) in [7, 11) is 4.24. The number of hydrogen-bond donors (Lipinski definition) is 2. The van der Waals surface area contributed by atoms with E-state index in [1.807, 2.05) is 0 Å². The van der Waals surface area contributed by atoms with Crippen molar-refractivity contribution in [3.05, 3.63) is 35.9 Å². The molecule has 1 aromatic carbocycles. The first-order valence-corrected chi connectivity index (χ1v) is 10.6. The lowest BCUT2D eigenvalue weighted by atomic mass is 10.1. The molecule has 0 bridgehead atoms. The highest BCUT2D eigenvalue weighted by Crippen LogP contribution is 2.12. The molecule has 1 heterocycles. The average molecular weight is 518 g/mol. The van der Waals surface area contributed by atoms with E-state index in [1.165, 1.54) is 5.56 Å². The van der Waals surface area contributed by atoms with Gasteiger partial charge in [0.05, 0.1) is 19.8 Å². The van der Waals surface area contributed by atoms with Crippen molar-refractivity contribution < 1.29 is 9.47 Å². The van der Waals surface area contributed by atoms with Gasteiger partial charge in [0.25, 0.3) is 0 Å². The van der Waals surface area contributed by atoms with Crippen molar-refractivity contribution in [3.63, 3.8) is 0 Å². The van der Waals surface area contributed by atoms with Gasteiger partial charge in [-0.15, -0.1) is 24.0 Å². The second-order valence-electron chi connectivity index (χ2n) is 7.61. The molecule has 2 N–H and O–H groups in total. The first-order valence-electron chi connectivity index (χ1n) is 10.6. The zero-order chi connectivity index (χ0) is 20.0. The largest absolute Gasteiger partial charge is 0.381 e. The van der Waals surface area contributed by atoms with Crippen LogP contribution in [0.3, 0.4) is 0 Å². The number of likely N-dealkylation sites (N-methyl/N-ethyl adjacent to an activating group) is 1. The van der Waals surface area contributed by atoms with Crippen molar-refractivity contribution in [1.82, 2.24) is 15.5 Å². The molecule has 1 fully saturated rings. The Balaban J connectivity index is 0.00000420. The van der Waals surface area contributed by atoms with E-state index in [4.69, 9.17) is 14.5 Å². The van der Waals surface area contributed by atoms with E-state index in [0.29, 0.717) is 12.0 Å². The van der Waals surface area contributed by atoms with Gasteiger partial charge in [0.1, 0.15) is 0 Å². The van der Waals surface area contributed by atoms with Gasteiger partial charge >= 0.3 is 0 Å². The predicted octanol–water partition coefficient (Wildman–Crippen LogP) is 2.78. The van der Waals surface area contributed by atoms with Crippen molar-refractivity contribution in [2.75, 3.05) is 60.2 Å². The monoisotopic (exact) mass is 518 g/mol. The molecule has 1 aliphatic heterocycles. The lowest BCUT2D eigenvalue weighted by Gasteiger charge is -2.23. The minimum atomic E-state index is 0. The van der Waals surface area contributed by atoms with Gasteiger partial charge < -0.3 is 25.0 Å². The molecule has 2 unspecified atom stereocenters. The molecule has 0 amide bonds. The van der Waals surface area contributed by atoms with Crippen LogP contribution in [0.1, 0.15) is 25.3 Å². The van der Waals surface area contributed by atoms with Gasteiger partial charge in [-0.1, -0.05) is 30.3 Å². The molecule has 0 aromatic heterocycles. The van der Waals surface area contributed by atoms with E-state index >= 15 is 0 Å². The van der Waals surface area contributed by atoms with Crippen LogP contribution in [0.5, 0.6) is 0 Å². The summed E-state index contributed by atoms with van der Waals surface area (Å²) in [5, 5.41) is 6.76. The molecular formula is C22H39IN4O2. The van der Waals surface area contributed by atoms with Crippen LogP contribution in [-0.4, -0.2) is 77.1 Å². The second kappa shape index (κ2) is 15.9. The van der Waals surface area contributed by atoms with Crippen molar-refractivity contribution in [1.29, 1.82) is 0 Å². The Bertz CT molecular complexity index is 551. The molecule has 0 aliphatic carbocycles. The standard InChI is InChI=1S/C22H38N4O2.HI/c1-4-23-22(24-12-8-13-27-17-20-11-14-28-18-20)25-16-21(26(2)3)15-19-9-6-5-7-10-19;/h5-7,9-10,20-21H,4,8,11-18H2,1-3H3,(H2,23,24,25);1H.